The molecule has 7 rings (SSSR count). The Bertz CT molecular complexity index is 1420. The van der Waals surface area contributed by atoms with Crippen molar-refractivity contribution in [1.29, 1.82) is 0 Å². The topological polar surface area (TPSA) is 3.24 Å². The van der Waals surface area contributed by atoms with Crippen molar-refractivity contribution >= 4 is 17.1 Å². The highest BCUT2D eigenvalue weighted by Gasteiger charge is 2.23. The molecular formula is C32H23N. The van der Waals surface area contributed by atoms with E-state index in [-0.39, 0.29) is 0 Å². The van der Waals surface area contributed by atoms with Crippen molar-refractivity contribution in [2.45, 2.75) is 12.8 Å². The summed E-state index contributed by atoms with van der Waals surface area (Å²) >= 11 is 0. The summed E-state index contributed by atoms with van der Waals surface area (Å²) in [5.74, 6) is 0. The molecule has 0 unspecified atom stereocenters. The minimum absolute atomic E-state index is 1.00. The Morgan fingerprint density at radius 2 is 0.818 bits per heavy atom. The first kappa shape index (κ1) is 18.5. The quantitative estimate of drug-likeness (QED) is 0.277. The summed E-state index contributed by atoms with van der Waals surface area (Å²) in [6, 6.07) is 42.2. The lowest BCUT2D eigenvalue weighted by atomic mass is 10.0. The van der Waals surface area contributed by atoms with Gasteiger partial charge in [0.15, 0.2) is 0 Å². The Morgan fingerprint density at radius 1 is 0.364 bits per heavy atom. The lowest BCUT2D eigenvalue weighted by Gasteiger charge is -2.26. The van der Waals surface area contributed by atoms with Gasteiger partial charge in [0.05, 0.1) is 0 Å². The van der Waals surface area contributed by atoms with Crippen LogP contribution in [0.2, 0.25) is 0 Å². The molecule has 5 aromatic carbocycles. The second-order valence-electron chi connectivity index (χ2n) is 9.02. The van der Waals surface area contributed by atoms with Gasteiger partial charge in [0.2, 0.25) is 0 Å². The van der Waals surface area contributed by atoms with E-state index >= 15 is 0 Å². The van der Waals surface area contributed by atoms with Crippen molar-refractivity contribution < 1.29 is 0 Å². The second kappa shape index (κ2) is 7.21. The van der Waals surface area contributed by atoms with E-state index in [9.17, 15) is 0 Å². The van der Waals surface area contributed by atoms with E-state index in [0.717, 1.165) is 12.8 Å². The number of benzene rings is 5. The third kappa shape index (κ3) is 2.93. The molecule has 0 bridgehead atoms. The van der Waals surface area contributed by atoms with Crippen LogP contribution in [0.15, 0.2) is 115 Å². The average molecular weight is 422 g/mol. The highest BCUT2D eigenvalue weighted by molar-refractivity contribution is 5.85. The molecule has 0 spiro atoms. The summed E-state index contributed by atoms with van der Waals surface area (Å²) in [7, 11) is 0. The normalized spacial score (nSPS) is 12.6. The monoisotopic (exact) mass is 421 g/mol. The first-order valence-corrected chi connectivity index (χ1v) is 11.6. The van der Waals surface area contributed by atoms with Crippen molar-refractivity contribution in [3.63, 3.8) is 0 Å². The fourth-order valence-corrected chi connectivity index (χ4v) is 5.57. The predicted molar refractivity (Wildman–Crippen MR) is 138 cm³/mol. The zero-order valence-corrected chi connectivity index (χ0v) is 18.3. The van der Waals surface area contributed by atoms with Crippen LogP contribution in [-0.2, 0) is 12.8 Å². The van der Waals surface area contributed by atoms with Gasteiger partial charge >= 0.3 is 0 Å². The summed E-state index contributed by atoms with van der Waals surface area (Å²) in [5.41, 5.74) is 14.7. The van der Waals surface area contributed by atoms with Gasteiger partial charge in [0, 0.05) is 17.1 Å². The maximum absolute atomic E-state index is 2.40. The number of para-hydroxylation sites is 1. The number of hydrogen-bond acceptors (Lipinski definition) is 1. The van der Waals surface area contributed by atoms with Crippen LogP contribution in [0.3, 0.4) is 0 Å². The fraction of sp³-hybridized carbons (Fsp3) is 0.0625. The summed E-state index contributed by atoms with van der Waals surface area (Å²) in [6.45, 7) is 0. The van der Waals surface area contributed by atoms with E-state index < -0.39 is 0 Å². The van der Waals surface area contributed by atoms with Crippen LogP contribution in [0.4, 0.5) is 17.1 Å². The summed E-state index contributed by atoms with van der Waals surface area (Å²) in [6.07, 6.45) is 2.00. The smallest absolute Gasteiger partial charge is 0.0464 e. The number of hydrogen-bond donors (Lipinski definition) is 0. The molecule has 0 saturated carbocycles. The zero-order chi connectivity index (χ0) is 21.8. The Labute approximate surface area is 194 Å². The molecule has 0 aliphatic heterocycles. The van der Waals surface area contributed by atoms with Gasteiger partial charge in [-0.2, -0.15) is 0 Å². The number of nitrogens with zero attached hydrogens (tertiary/aromatic N) is 1. The molecule has 0 aromatic heterocycles. The van der Waals surface area contributed by atoms with Gasteiger partial charge in [0.25, 0.3) is 0 Å². The molecule has 0 amide bonds. The molecule has 5 aromatic rings. The molecule has 1 heteroatoms. The molecule has 2 aliphatic rings. The van der Waals surface area contributed by atoms with Gasteiger partial charge in [0.1, 0.15) is 0 Å². The second-order valence-corrected chi connectivity index (χ2v) is 9.02. The van der Waals surface area contributed by atoms with Crippen molar-refractivity contribution in [3.8, 4) is 22.3 Å². The minimum atomic E-state index is 1.00. The number of rotatable bonds is 3. The molecule has 0 saturated heterocycles. The van der Waals surface area contributed by atoms with E-state index in [4.69, 9.17) is 0 Å². The van der Waals surface area contributed by atoms with Crippen LogP contribution in [0.5, 0.6) is 0 Å². The van der Waals surface area contributed by atoms with E-state index in [1.807, 2.05) is 0 Å². The summed E-state index contributed by atoms with van der Waals surface area (Å²) < 4.78 is 0. The molecule has 0 atom stereocenters. The van der Waals surface area contributed by atoms with E-state index in [1.165, 1.54) is 61.6 Å². The van der Waals surface area contributed by atoms with Gasteiger partial charge in [-0.15, -0.1) is 0 Å². The molecular weight excluding hydrogens is 398 g/mol. The Kier molecular flexibility index (Phi) is 4.04. The zero-order valence-electron chi connectivity index (χ0n) is 18.3. The fourth-order valence-electron chi connectivity index (χ4n) is 5.57. The highest BCUT2D eigenvalue weighted by atomic mass is 15.1. The molecule has 0 radical (unpaired) electrons. The van der Waals surface area contributed by atoms with Gasteiger partial charge in [-0.3, -0.25) is 0 Å². The third-order valence-electron chi connectivity index (χ3n) is 7.09. The maximum Gasteiger partial charge on any atom is 0.0464 e. The third-order valence-corrected chi connectivity index (χ3v) is 7.09. The van der Waals surface area contributed by atoms with Crippen LogP contribution in [0.1, 0.15) is 22.3 Å². The lowest BCUT2D eigenvalue weighted by molar-refractivity contribution is 1.22. The standard InChI is InChI=1S/C32H23N/c1-2-10-26(11-3-1)33(27-14-16-31-24(20-27)18-22-8-4-6-12-29(22)31)28-15-17-32-25(21-28)19-23-9-5-7-13-30(23)32/h1-17,20-21H,18-19H2. The first-order chi connectivity index (χ1) is 16.3. The Balaban J connectivity index is 1.35. The molecule has 0 N–H and O–H groups in total. The molecule has 0 heterocycles. The lowest BCUT2D eigenvalue weighted by Crippen LogP contribution is -2.10. The van der Waals surface area contributed by atoms with Gasteiger partial charge in [-0.25, -0.2) is 0 Å². The van der Waals surface area contributed by atoms with Crippen molar-refractivity contribution in [2.75, 3.05) is 4.90 Å². The van der Waals surface area contributed by atoms with Crippen LogP contribution in [0.25, 0.3) is 22.3 Å². The van der Waals surface area contributed by atoms with Gasteiger partial charge in [-0.05, 0) is 93.7 Å². The average Bonchev–Trinajstić information content (AvgIpc) is 3.42. The molecule has 33 heavy (non-hydrogen) atoms. The van der Waals surface area contributed by atoms with Crippen LogP contribution in [-0.4, -0.2) is 0 Å². The SMILES string of the molecule is c1ccc(N(c2ccc3c(c2)Cc2ccccc2-3)c2ccc3c(c2)Cc2ccccc2-3)cc1. The van der Waals surface area contributed by atoms with Crippen LogP contribution < -0.4 is 4.90 Å². The Morgan fingerprint density at radius 3 is 1.36 bits per heavy atom. The van der Waals surface area contributed by atoms with Crippen LogP contribution in [0, 0.1) is 0 Å². The number of anilines is 3. The van der Waals surface area contributed by atoms with Crippen molar-refractivity contribution in [2.24, 2.45) is 0 Å². The van der Waals surface area contributed by atoms with Gasteiger partial charge in [-0.1, -0.05) is 78.9 Å². The Hall–Kier alpha value is -4.10. The first-order valence-electron chi connectivity index (χ1n) is 11.6. The van der Waals surface area contributed by atoms with Crippen molar-refractivity contribution in [1.82, 2.24) is 0 Å². The molecule has 1 nitrogen and oxygen atoms in total. The molecule has 2 aliphatic carbocycles. The highest BCUT2D eigenvalue weighted by Crippen LogP contribution is 2.44. The molecule has 156 valence electrons. The minimum Gasteiger partial charge on any atom is -0.310 e. The predicted octanol–water partition coefficient (Wildman–Crippen LogP) is 8.30. The maximum atomic E-state index is 2.40. The van der Waals surface area contributed by atoms with E-state index in [1.54, 1.807) is 0 Å². The molecule has 0 fully saturated rings. The number of fused-ring (bicyclic) bond motifs is 6. The summed E-state index contributed by atoms with van der Waals surface area (Å²) in [4.78, 5) is 2.40. The van der Waals surface area contributed by atoms with E-state index in [2.05, 4.69) is 120 Å². The largest absolute Gasteiger partial charge is 0.310 e. The van der Waals surface area contributed by atoms with Crippen LogP contribution >= 0.6 is 0 Å². The van der Waals surface area contributed by atoms with Gasteiger partial charge < -0.3 is 4.90 Å². The summed E-state index contributed by atoms with van der Waals surface area (Å²) in [5, 5.41) is 0. The van der Waals surface area contributed by atoms with Crippen molar-refractivity contribution in [3.05, 3.63) is 138 Å². The van der Waals surface area contributed by atoms with E-state index in [0.29, 0.717) is 0 Å².